The van der Waals surface area contributed by atoms with Crippen LogP contribution in [0.15, 0.2) is 12.3 Å². The van der Waals surface area contributed by atoms with Crippen molar-refractivity contribution in [2.75, 3.05) is 23.7 Å². The van der Waals surface area contributed by atoms with Gasteiger partial charge in [0.1, 0.15) is 5.82 Å². The zero-order chi connectivity index (χ0) is 11.5. The minimum Gasteiger partial charge on any atom is -0.397 e. The Morgan fingerprint density at radius 2 is 2.38 bits per heavy atom. The van der Waals surface area contributed by atoms with Gasteiger partial charge in [0.15, 0.2) is 0 Å². The summed E-state index contributed by atoms with van der Waals surface area (Å²) in [6.45, 7) is 3.66. The van der Waals surface area contributed by atoms with Gasteiger partial charge < -0.3 is 10.6 Å². The highest BCUT2D eigenvalue weighted by atomic mass is 15.2. The van der Waals surface area contributed by atoms with Crippen LogP contribution in [0.25, 0.3) is 0 Å². The fourth-order valence-electron chi connectivity index (χ4n) is 1.87. The number of hydrogen-bond acceptors (Lipinski definition) is 3. The molecule has 84 valence electrons. The Morgan fingerprint density at radius 1 is 1.62 bits per heavy atom. The zero-order valence-corrected chi connectivity index (χ0v) is 9.61. The Morgan fingerprint density at radius 3 is 2.94 bits per heavy atom. The van der Waals surface area contributed by atoms with Gasteiger partial charge in [0.05, 0.1) is 18.4 Å². The first-order chi connectivity index (χ1) is 7.70. The standard InChI is InChI=1S/C13H17N3/c1-3-6-16(9-11-4-5-11)13-10(2)7-12(14)8-15-13/h1,7-8,11H,4-6,9,14H2,2H3. The molecule has 0 saturated heterocycles. The normalized spacial score (nSPS) is 14.5. The van der Waals surface area contributed by atoms with Crippen molar-refractivity contribution in [2.24, 2.45) is 5.92 Å². The van der Waals surface area contributed by atoms with Gasteiger partial charge in [-0.2, -0.15) is 0 Å². The zero-order valence-electron chi connectivity index (χ0n) is 9.61. The highest BCUT2D eigenvalue weighted by Crippen LogP contribution is 2.31. The van der Waals surface area contributed by atoms with E-state index in [4.69, 9.17) is 12.2 Å². The summed E-state index contributed by atoms with van der Waals surface area (Å²) in [4.78, 5) is 6.56. The largest absolute Gasteiger partial charge is 0.397 e. The number of rotatable bonds is 4. The number of nitrogens with zero attached hydrogens (tertiary/aromatic N) is 2. The monoisotopic (exact) mass is 215 g/mol. The Labute approximate surface area is 96.7 Å². The predicted octanol–water partition coefficient (Wildman–Crippen LogP) is 1.82. The first kappa shape index (κ1) is 10.8. The summed E-state index contributed by atoms with van der Waals surface area (Å²) in [5.74, 6) is 4.47. The maximum atomic E-state index is 5.69. The van der Waals surface area contributed by atoms with Crippen molar-refractivity contribution in [1.29, 1.82) is 0 Å². The average Bonchev–Trinajstić information content (AvgIpc) is 3.01. The van der Waals surface area contributed by atoms with Gasteiger partial charge in [-0.15, -0.1) is 6.42 Å². The van der Waals surface area contributed by atoms with Crippen molar-refractivity contribution in [1.82, 2.24) is 4.98 Å². The summed E-state index contributed by atoms with van der Waals surface area (Å²) < 4.78 is 0. The molecule has 1 aromatic rings. The van der Waals surface area contributed by atoms with Crippen molar-refractivity contribution in [3.05, 3.63) is 17.8 Å². The summed E-state index contributed by atoms with van der Waals surface area (Å²) >= 11 is 0. The van der Waals surface area contributed by atoms with Crippen LogP contribution in [0, 0.1) is 25.2 Å². The van der Waals surface area contributed by atoms with Gasteiger partial charge in [0.2, 0.25) is 0 Å². The lowest BCUT2D eigenvalue weighted by Crippen LogP contribution is -2.27. The molecule has 0 aliphatic heterocycles. The van der Waals surface area contributed by atoms with Crippen LogP contribution in [-0.4, -0.2) is 18.1 Å². The summed E-state index contributed by atoms with van der Waals surface area (Å²) in [6, 6.07) is 1.94. The van der Waals surface area contributed by atoms with Gasteiger partial charge in [0.25, 0.3) is 0 Å². The number of nitrogens with two attached hydrogens (primary N) is 1. The summed E-state index contributed by atoms with van der Waals surface area (Å²) in [5.41, 5.74) is 7.49. The van der Waals surface area contributed by atoms with Crippen LogP contribution in [0.5, 0.6) is 0 Å². The number of aromatic nitrogens is 1. The minimum absolute atomic E-state index is 0.619. The van der Waals surface area contributed by atoms with Crippen LogP contribution in [0.2, 0.25) is 0 Å². The van der Waals surface area contributed by atoms with Crippen LogP contribution in [0.3, 0.4) is 0 Å². The molecule has 0 radical (unpaired) electrons. The molecule has 1 heterocycles. The lowest BCUT2D eigenvalue weighted by Gasteiger charge is -2.23. The molecule has 3 nitrogen and oxygen atoms in total. The molecule has 0 bridgehead atoms. The molecule has 0 spiro atoms. The lowest BCUT2D eigenvalue weighted by molar-refractivity contribution is 0.752. The molecule has 0 atom stereocenters. The van der Waals surface area contributed by atoms with Gasteiger partial charge in [-0.3, -0.25) is 0 Å². The van der Waals surface area contributed by atoms with Crippen molar-refractivity contribution < 1.29 is 0 Å². The third kappa shape index (κ3) is 2.46. The van der Waals surface area contributed by atoms with Crippen molar-refractivity contribution in [2.45, 2.75) is 19.8 Å². The van der Waals surface area contributed by atoms with Gasteiger partial charge in [0, 0.05) is 6.54 Å². The Bertz CT molecular complexity index is 416. The van der Waals surface area contributed by atoms with E-state index >= 15 is 0 Å². The van der Waals surface area contributed by atoms with Crippen LogP contribution in [0.1, 0.15) is 18.4 Å². The molecule has 1 aliphatic rings. The molecule has 1 saturated carbocycles. The molecule has 1 fully saturated rings. The summed E-state index contributed by atoms with van der Waals surface area (Å²) in [7, 11) is 0. The molecular weight excluding hydrogens is 198 g/mol. The number of anilines is 2. The maximum Gasteiger partial charge on any atom is 0.132 e. The first-order valence-electron chi connectivity index (χ1n) is 5.61. The highest BCUT2D eigenvalue weighted by molar-refractivity contribution is 5.53. The number of nitrogen functional groups attached to an aromatic ring is 1. The second kappa shape index (κ2) is 4.44. The molecule has 1 aromatic heterocycles. The molecule has 1 aliphatic carbocycles. The van der Waals surface area contributed by atoms with E-state index in [2.05, 4.69) is 15.8 Å². The molecule has 0 amide bonds. The van der Waals surface area contributed by atoms with Gasteiger partial charge >= 0.3 is 0 Å². The Balaban J connectivity index is 2.19. The van der Waals surface area contributed by atoms with Crippen molar-refractivity contribution in [3.63, 3.8) is 0 Å². The number of hydrogen-bond donors (Lipinski definition) is 1. The number of aryl methyl sites for hydroxylation is 1. The molecule has 0 aromatic carbocycles. The fraction of sp³-hybridized carbons (Fsp3) is 0.462. The predicted molar refractivity (Wildman–Crippen MR) is 67.2 cm³/mol. The van der Waals surface area contributed by atoms with E-state index in [9.17, 15) is 0 Å². The van der Waals surface area contributed by atoms with E-state index in [1.165, 1.54) is 12.8 Å². The van der Waals surface area contributed by atoms with E-state index in [1.54, 1.807) is 6.20 Å². The summed E-state index contributed by atoms with van der Waals surface area (Å²) in [6.07, 6.45) is 9.72. The lowest BCUT2D eigenvalue weighted by atomic mass is 10.2. The van der Waals surface area contributed by atoms with Gasteiger partial charge in [-0.25, -0.2) is 4.98 Å². The smallest absolute Gasteiger partial charge is 0.132 e. The molecule has 0 unspecified atom stereocenters. The van der Waals surface area contributed by atoms with Crippen LogP contribution in [-0.2, 0) is 0 Å². The SMILES string of the molecule is C#CCN(CC1CC1)c1ncc(N)cc1C. The van der Waals surface area contributed by atoms with Gasteiger partial charge in [-0.1, -0.05) is 5.92 Å². The Hall–Kier alpha value is -1.69. The Kier molecular flexibility index (Phi) is 3.00. The second-order valence-corrected chi connectivity index (χ2v) is 4.44. The number of pyridine rings is 1. The van der Waals surface area contributed by atoms with E-state index in [-0.39, 0.29) is 0 Å². The maximum absolute atomic E-state index is 5.69. The van der Waals surface area contributed by atoms with Crippen molar-refractivity contribution in [3.8, 4) is 12.3 Å². The van der Waals surface area contributed by atoms with E-state index in [0.29, 0.717) is 12.2 Å². The topological polar surface area (TPSA) is 42.2 Å². The molecule has 2 N–H and O–H groups in total. The van der Waals surface area contributed by atoms with Gasteiger partial charge in [-0.05, 0) is 37.3 Å². The van der Waals surface area contributed by atoms with E-state index in [1.807, 2.05) is 13.0 Å². The second-order valence-electron chi connectivity index (χ2n) is 4.44. The minimum atomic E-state index is 0.619. The highest BCUT2D eigenvalue weighted by Gasteiger charge is 2.25. The van der Waals surface area contributed by atoms with E-state index < -0.39 is 0 Å². The molecule has 3 heteroatoms. The van der Waals surface area contributed by atoms with Crippen molar-refractivity contribution >= 4 is 11.5 Å². The van der Waals surface area contributed by atoms with Crippen LogP contribution < -0.4 is 10.6 Å². The number of terminal acetylenes is 1. The fourth-order valence-corrected chi connectivity index (χ4v) is 1.87. The molecular formula is C13H17N3. The third-order valence-corrected chi connectivity index (χ3v) is 2.83. The summed E-state index contributed by atoms with van der Waals surface area (Å²) in [5, 5.41) is 0. The first-order valence-corrected chi connectivity index (χ1v) is 5.61. The molecule has 16 heavy (non-hydrogen) atoms. The van der Waals surface area contributed by atoms with Crippen LogP contribution in [0.4, 0.5) is 11.5 Å². The van der Waals surface area contributed by atoms with Crippen LogP contribution >= 0.6 is 0 Å². The van der Waals surface area contributed by atoms with E-state index in [0.717, 1.165) is 23.8 Å². The average molecular weight is 215 g/mol. The quantitative estimate of drug-likeness (QED) is 0.779. The third-order valence-electron chi connectivity index (χ3n) is 2.83. The molecule has 2 rings (SSSR count).